The zero-order valence-corrected chi connectivity index (χ0v) is 22.5. The van der Waals surface area contributed by atoms with Gasteiger partial charge in [0.2, 0.25) is 0 Å². The van der Waals surface area contributed by atoms with Gasteiger partial charge in [-0.15, -0.1) is 0 Å². The molecule has 3 N–H and O–H groups in total. The molecule has 6 rings (SSSR count). The first-order valence-electron chi connectivity index (χ1n) is 14.6. The molecule has 0 unspecified atom stereocenters. The molecule has 0 heterocycles. The number of anilines is 3. The quantitative estimate of drug-likeness (QED) is 0.259. The van der Waals surface area contributed by atoms with Gasteiger partial charge in [0, 0.05) is 16.5 Å². The van der Waals surface area contributed by atoms with Crippen LogP contribution in [0.5, 0.6) is 0 Å². The minimum Gasteiger partial charge on any atom is -0.397 e. The fourth-order valence-corrected chi connectivity index (χ4v) is 7.48. The summed E-state index contributed by atoms with van der Waals surface area (Å²) in [5, 5.41) is 3.97. The highest BCUT2D eigenvalue weighted by Gasteiger charge is 2.42. The van der Waals surface area contributed by atoms with Crippen molar-refractivity contribution in [2.24, 2.45) is 0 Å². The first kappa shape index (κ1) is 24.8. The summed E-state index contributed by atoms with van der Waals surface area (Å²) >= 11 is 0. The molecule has 2 nitrogen and oxygen atoms in total. The number of rotatable bonds is 6. The molecule has 0 aliphatic heterocycles. The van der Waals surface area contributed by atoms with Crippen LogP contribution in [0.15, 0.2) is 103 Å². The van der Waals surface area contributed by atoms with Gasteiger partial charge in [0.15, 0.2) is 0 Å². The Morgan fingerprint density at radius 1 is 0.474 bits per heavy atom. The molecular formula is C36H40N2. The lowest BCUT2D eigenvalue weighted by atomic mass is 9.61. The zero-order valence-electron chi connectivity index (χ0n) is 22.5. The predicted octanol–water partition coefficient (Wildman–Crippen LogP) is 9.51. The van der Waals surface area contributed by atoms with E-state index in [1.54, 1.807) is 0 Å². The molecule has 194 valence electrons. The van der Waals surface area contributed by atoms with Crippen LogP contribution in [-0.4, -0.2) is 0 Å². The SMILES string of the molecule is Nc1ccccc1Nc1c(C2(c3ccccc3)CCCCC2)cccc1C1(c2ccccc2)CCCCC1. The molecule has 0 radical (unpaired) electrons. The molecule has 2 aliphatic carbocycles. The van der Waals surface area contributed by atoms with Crippen LogP contribution in [0.1, 0.15) is 86.5 Å². The van der Waals surface area contributed by atoms with Gasteiger partial charge >= 0.3 is 0 Å². The number of benzene rings is 4. The van der Waals surface area contributed by atoms with E-state index in [0.717, 1.165) is 11.4 Å². The lowest BCUT2D eigenvalue weighted by Crippen LogP contribution is -2.35. The molecule has 38 heavy (non-hydrogen) atoms. The summed E-state index contributed by atoms with van der Waals surface area (Å²) in [6.07, 6.45) is 12.4. The number of nitrogens with two attached hydrogens (primary N) is 1. The Morgan fingerprint density at radius 2 is 0.921 bits per heavy atom. The molecule has 0 aromatic heterocycles. The third-order valence-electron chi connectivity index (χ3n) is 9.38. The Balaban J connectivity index is 1.62. The van der Waals surface area contributed by atoms with Crippen molar-refractivity contribution in [2.75, 3.05) is 11.1 Å². The number of para-hydroxylation sites is 3. The van der Waals surface area contributed by atoms with Gasteiger partial charge in [-0.2, -0.15) is 0 Å². The van der Waals surface area contributed by atoms with Crippen LogP contribution >= 0.6 is 0 Å². The Bertz CT molecular complexity index is 1270. The molecule has 0 spiro atoms. The Morgan fingerprint density at radius 3 is 1.39 bits per heavy atom. The zero-order chi connectivity index (χ0) is 25.8. The second-order valence-electron chi connectivity index (χ2n) is 11.5. The highest BCUT2D eigenvalue weighted by molar-refractivity contribution is 5.78. The van der Waals surface area contributed by atoms with Gasteiger partial charge in [-0.25, -0.2) is 0 Å². The summed E-state index contributed by atoms with van der Waals surface area (Å²) in [5.41, 5.74) is 15.4. The second-order valence-corrected chi connectivity index (χ2v) is 11.5. The molecule has 2 heteroatoms. The van der Waals surface area contributed by atoms with E-state index < -0.39 is 0 Å². The summed E-state index contributed by atoms with van der Waals surface area (Å²) in [7, 11) is 0. The second kappa shape index (κ2) is 10.7. The van der Waals surface area contributed by atoms with Crippen LogP contribution < -0.4 is 11.1 Å². The number of hydrogen-bond donors (Lipinski definition) is 2. The minimum atomic E-state index is -0.00601. The van der Waals surface area contributed by atoms with Crippen LogP contribution in [0.3, 0.4) is 0 Å². The van der Waals surface area contributed by atoms with Crippen molar-refractivity contribution >= 4 is 17.1 Å². The first-order chi connectivity index (χ1) is 18.7. The normalized spacial score (nSPS) is 18.5. The summed E-state index contributed by atoms with van der Waals surface area (Å²) < 4.78 is 0. The van der Waals surface area contributed by atoms with E-state index in [-0.39, 0.29) is 10.8 Å². The number of hydrogen-bond acceptors (Lipinski definition) is 2. The highest BCUT2D eigenvalue weighted by Crippen LogP contribution is 2.53. The van der Waals surface area contributed by atoms with Crippen molar-refractivity contribution in [3.8, 4) is 0 Å². The fraction of sp³-hybridized carbons (Fsp3) is 0.333. The molecule has 2 aliphatic rings. The largest absolute Gasteiger partial charge is 0.397 e. The van der Waals surface area contributed by atoms with Crippen molar-refractivity contribution in [2.45, 2.75) is 75.0 Å². The maximum atomic E-state index is 6.55. The summed E-state index contributed by atoms with van der Waals surface area (Å²) in [6, 6.07) is 37.9. The summed E-state index contributed by atoms with van der Waals surface area (Å²) in [4.78, 5) is 0. The van der Waals surface area contributed by atoms with E-state index in [0.29, 0.717) is 0 Å². The van der Waals surface area contributed by atoms with Crippen molar-refractivity contribution in [1.82, 2.24) is 0 Å². The van der Waals surface area contributed by atoms with E-state index in [2.05, 4.69) is 96.3 Å². The Labute approximate surface area is 228 Å². The topological polar surface area (TPSA) is 38.0 Å². The third-order valence-corrected chi connectivity index (χ3v) is 9.38. The van der Waals surface area contributed by atoms with E-state index in [4.69, 9.17) is 5.73 Å². The summed E-state index contributed by atoms with van der Waals surface area (Å²) in [5.74, 6) is 0. The van der Waals surface area contributed by atoms with Gasteiger partial charge in [0.1, 0.15) is 0 Å². The molecule has 4 aromatic carbocycles. The molecule has 0 saturated heterocycles. The van der Waals surface area contributed by atoms with Crippen LogP contribution in [0.25, 0.3) is 0 Å². The van der Waals surface area contributed by atoms with E-state index >= 15 is 0 Å². The minimum absolute atomic E-state index is 0.00601. The van der Waals surface area contributed by atoms with Crippen LogP contribution in [0.4, 0.5) is 17.1 Å². The average Bonchev–Trinajstić information content (AvgIpc) is 3.00. The molecule has 2 saturated carbocycles. The summed E-state index contributed by atoms with van der Waals surface area (Å²) in [6.45, 7) is 0. The van der Waals surface area contributed by atoms with Crippen molar-refractivity contribution in [3.05, 3.63) is 125 Å². The van der Waals surface area contributed by atoms with Gasteiger partial charge in [-0.05, 0) is 60.1 Å². The molecule has 2 fully saturated rings. The Hall–Kier alpha value is -3.52. The third kappa shape index (κ3) is 4.41. The fourth-order valence-electron chi connectivity index (χ4n) is 7.48. The monoisotopic (exact) mass is 500 g/mol. The van der Waals surface area contributed by atoms with Gasteiger partial charge in [0.05, 0.1) is 11.4 Å². The van der Waals surface area contributed by atoms with Crippen molar-refractivity contribution < 1.29 is 0 Å². The van der Waals surface area contributed by atoms with Crippen LogP contribution in [0.2, 0.25) is 0 Å². The van der Waals surface area contributed by atoms with Gasteiger partial charge in [0.25, 0.3) is 0 Å². The van der Waals surface area contributed by atoms with Crippen LogP contribution in [-0.2, 0) is 10.8 Å². The maximum Gasteiger partial charge on any atom is 0.0618 e. The lowest BCUT2D eigenvalue weighted by molar-refractivity contribution is 0.338. The number of nitrogens with one attached hydrogen (secondary N) is 1. The molecule has 0 atom stereocenters. The highest BCUT2D eigenvalue weighted by atomic mass is 14.9. The molecule has 0 bridgehead atoms. The predicted molar refractivity (Wildman–Crippen MR) is 161 cm³/mol. The average molecular weight is 501 g/mol. The molecule has 0 amide bonds. The maximum absolute atomic E-state index is 6.55. The number of nitrogen functional groups attached to an aromatic ring is 1. The van der Waals surface area contributed by atoms with Crippen molar-refractivity contribution in [3.63, 3.8) is 0 Å². The smallest absolute Gasteiger partial charge is 0.0618 e. The first-order valence-corrected chi connectivity index (χ1v) is 14.6. The molecule has 4 aromatic rings. The molecular weight excluding hydrogens is 460 g/mol. The van der Waals surface area contributed by atoms with E-state index in [1.165, 1.54) is 92.1 Å². The lowest BCUT2D eigenvalue weighted by Gasteiger charge is -2.44. The van der Waals surface area contributed by atoms with Crippen LogP contribution in [0, 0.1) is 0 Å². The van der Waals surface area contributed by atoms with Gasteiger partial charge < -0.3 is 11.1 Å². The van der Waals surface area contributed by atoms with Gasteiger partial charge in [-0.3, -0.25) is 0 Å². The standard InChI is InChI=1S/C36H40N2/c37-32-22-9-10-23-33(32)38-34-30(35(24-11-3-12-25-35)28-16-5-1-6-17-28)20-15-21-31(34)36(26-13-4-14-27-36)29-18-7-2-8-19-29/h1-2,5-10,15-23,38H,3-4,11-14,24-27,37H2. The van der Waals surface area contributed by atoms with E-state index in [1.807, 2.05) is 12.1 Å². The Kier molecular flexibility index (Phi) is 6.98. The van der Waals surface area contributed by atoms with Gasteiger partial charge in [-0.1, -0.05) is 130 Å². The van der Waals surface area contributed by atoms with Crippen molar-refractivity contribution in [1.29, 1.82) is 0 Å². The van der Waals surface area contributed by atoms with E-state index in [9.17, 15) is 0 Å².